The fourth-order valence-corrected chi connectivity index (χ4v) is 3.17. The molecule has 1 aromatic heterocycles. The van der Waals surface area contributed by atoms with E-state index in [1.807, 2.05) is 48.9 Å². The second-order valence-electron chi connectivity index (χ2n) is 5.97. The number of aryl methyl sites for hydroxylation is 1. The van der Waals surface area contributed by atoms with Gasteiger partial charge in [-0.25, -0.2) is 5.43 Å². The lowest BCUT2D eigenvalue weighted by Crippen LogP contribution is -2.19. The number of rotatable bonds is 6. The summed E-state index contributed by atoms with van der Waals surface area (Å²) in [5.41, 5.74) is 12.2. The average molecular weight is 380 g/mol. The van der Waals surface area contributed by atoms with Crippen molar-refractivity contribution in [2.45, 2.75) is 17.8 Å². The van der Waals surface area contributed by atoms with Crippen molar-refractivity contribution in [3.8, 4) is 0 Å². The van der Waals surface area contributed by atoms with Gasteiger partial charge in [-0.1, -0.05) is 36.0 Å². The minimum atomic E-state index is -0.259. The highest BCUT2D eigenvalue weighted by Gasteiger charge is 2.07. The maximum absolute atomic E-state index is 12.3. The number of anilines is 1. The van der Waals surface area contributed by atoms with Gasteiger partial charge in [-0.15, -0.1) is 10.2 Å². The summed E-state index contributed by atoms with van der Waals surface area (Å²) in [5, 5.41) is 12.9. The number of benzene rings is 2. The molecule has 0 radical (unpaired) electrons. The van der Waals surface area contributed by atoms with Crippen LogP contribution in [0, 0.1) is 0 Å². The standard InChI is InChI=1S/C19H20N6OS/c1-13(16-4-3-5-17(20)10-16)22-23-18(26)15-8-6-14(7-9-15)11-27-19-24-21-12-25(19)2/h3-10,12H,11,20H2,1-2H3,(H,23,26)/b22-13-. The molecule has 8 heteroatoms. The molecular formula is C19H20N6OS. The molecule has 0 aliphatic carbocycles. The summed E-state index contributed by atoms with van der Waals surface area (Å²) in [7, 11) is 1.90. The van der Waals surface area contributed by atoms with Crippen molar-refractivity contribution in [3.05, 3.63) is 71.5 Å². The molecule has 0 fully saturated rings. The maximum Gasteiger partial charge on any atom is 0.271 e. The molecule has 3 rings (SSSR count). The van der Waals surface area contributed by atoms with Gasteiger partial charge in [0.15, 0.2) is 5.16 Å². The van der Waals surface area contributed by atoms with E-state index in [-0.39, 0.29) is 5.91 Å². The third-order valence-corrected chi connectivity index (χ3v) is 4.99. The summed E-state index contributed by atoms with van der Waals surface area (Å²) in [6.07, 6.45) is 1.67. The average Bonchev–Trinajstić information content (AvgIpc) is 3.09. The Hall–Kier alpha value is -3.13. The molecule has 138 valence electrons. The molecule has 1 amide bonds. The van der Waals surface area contributed by atoms with Crippen LogP contribution >= 0.6 is 11.8 Å². The zero-order chi connectivity index (χ0) is 19.2. The predicted octanol–water partition coefficient (Wildman–Crippen LogP) is 2.84. The number of aromatic nitrogens is 3. The Morgan fingerprint density at radius 2 is 2.00 bits per heavy atom. The Morgan fingerprint density at radius 3 is 2.67 bits per heavy atom. The van der Waals surface area contributed by atoms with E-state index in [4.69, 9.17) is 5.73 Å². The minimum Gasteiger partial charge on any atom is -0.399 e. The van der Waals surface area contributed by atoms with Gasteiger partial charge in [0.05, 0.1) is 5.71 Å². The largest absolute Gasteiger partial charge is 0.399 e. The van der Waals surface area contributed by atoms with E-state index < -0.39 is 0 Å². The highest BCUT2D eigenvalue weighted by atomic mass is 32.2. The smallest absolute Gasteiger partial charge is 0.271 e. The van der Waals surface area contributed by atoms with Crippen molar-refractivity contribution in [3.63, 3.8) is 0 Å². The fraction of sp³-hybridized carbons (Fsp3) is 0.158. The summed E-state index contributed by atoms with van der Waals surface area (Å²) < 4.78 is 1.87. The number of nitrogens with two attached hydrogens (primary N) is 1. The lowest BCUT2D eigenvalue weighted by atomic mass is 10.1. The first-order valence-corrected chi connectivity index (χ1v) is 9.28. The molecule has 0 saturated carbocycles. The maximum atomic E-state index is 12.3. The van der Waals surface area contributed by atoms with Gasteiger partial charge >= 0.3 is 0 Å². The Balaban J connectivity index is 1.58. The fourth-order valence-electron chi connectivity index (χ4n) is 2.33. The van der Waals surface area contributed by atoms with Crippen molar-refractivity contribution in [1.82, 2.24) is 20.2 Å². The van der Waals surface area contributed by atoms with Gasteiger partial charge in [-0.2, -0.15) is 5.10 Å². The third-order valence-electron chi connectivity index (χ3n) is 3.88. The number of hydrazone groups is 1. The first-order valence-electron chi connectivity index (χ1n) is 8.29. The molecule has 0 bridgehead atoms. The topological polar surface area (TPSA) is 98.2 Å². The molecule has 0 unspecified atom stereocenters. The molecule has 0 aliphatic rings. The number of hydrogen-bond acceptors (Lipinski definition) is 6. The second kappa shape index (κ2) is 8.50. The van der Waals surface area contributed by atoms with Crippen LogP contribution < -0.4 is 11.2 Å². The summed E-state index contributed by atoms with van der Waals surface area (Å²) in [6.45, 7) is 1.82. The molecule has 0 aliphatic heterocycles. The van der Waals surface area contributed by atoms with Crippen LogP contribution in [0.1, 0.15) is 28.4 Å². The second-order valence-corrected chi connectivity index (χ2v) is 6.92. The summed E-state index contributed by atoms with van der Waals surface area (Å²) in [5.74, 6) is 0.493. The van der Waals surface area contributed by atoms with E-state index in [9.17, 15) is 4.79 Å². The highest BCUT2D eigenvalue weighted by molar-refractivity contribution is 7.98. The molecule has 7 nitrogen and oxygen atoms in total. The Bertz CT molecular complexity index is 964. The van der Waals surface area contributed by atoms with Crippen LogP contribution in [0.25, 0.3) is 0 Å². The summed E-state index contributed by atoms with van der Waals surface area (Å²) in [4.78, 5) is 12.3. The van der Waals surface area contributed by atoms with Crippen LogP contribution in [0.15, 0.2) is 65.1 Å². The number of carbonyl (C=O) groups excluding carboxylic acids is 1. The highest BCUT2D eigenvalue weighted by Crippen LogP contribution is 2.20. The van der Waals surface area contributed by atoms with Gasteiger partial charge in [-0.05, 0) is 42.3 Å². The van der Waals surface area contributed by atoms with Crippen LogP contribution in [-0.2, 0) is 12.8 Å². The van der Waals surface area contributed by atoms with E-state index in [0.29, 0.717) is 17.0 Å². The van der Waals surface area contributed by atoms with Crippen LogP contribution in [0.4, 0.5) is 5.69 Å². The quantitative estimate of drug-likeness (QED) is 0.297. The molecule has 0 atom stereocenters. The Kier molecular flexibility index (Phi) is 5.87. The molecule has 0 spiro atoms. The van der Waals surface area contributed by atoms with Crippen molar-refractivity contribution in [1.29, 1.82) is 0 Å². The molecular weight excluding hydrogens is 360 g/mol. The first kappa shape index (κ1) is 18.7. The van der Waals surface area contributed by atoms with Crippen molar-refractivity contribution >= 4 is 29.1 Å². The number of amides is 1. The zero-order valence-electron chi connectivity index (χ0n) is 15.1. The van der Waals surface area contributed by atoms with Crippen LogP contribution in [0.5, 0.6) is 0 Å². The van der Waals surface area contributed by atoms with Gasteiger partial charge in [0.25, 0.3) is 5.91 Å². The van der Waals surface area contributed by atoms with E-state index in [2.05, 4.69) is 20.7 Å². The van der Waals surface area contributed by atoms with Gasteiger partial charge in [0.2, 0.25) is 0 Å². The van der Waals surface area contributed by atoms with Gasteiger partial charge in [-0.3, -0.25) is 4.79 Å². The van der Waals surface area contributed by atoms with Crippen LogP contribution in [0.3, 0.4) is 0 Å². The SMILES string of the molecule is C/C(=N/NC(=O)c1ccc(CSc2nncn2C)cc1)c1cccc(N)c1. The zero-order valence-corrected chi connectivity index (χ0v) is 15.9. The molecule has 2 aromatic carbocycles. The Labute approximate surface area is 161 Å². The normalized spacial score (nSPS) is 11.4. The molecule has 3 aromatic rings. The monoisotopic (exact) mass is 380 g/mol. The lowest BCUT2D eigenvalue weighted by Gasteiger charge is -2.05. The molecule has 1 heterocycles. The molecule has 3 N–H and O–H groups in total. The third kappa shape index (κ3) is 4.95. The van der Waals surface area contributed by atoms with Gasteiger partial charge in [0, 0.05) is 24.1 Å². The Morgan fingerprint density at radius 1 is 1.22 bits per heavy atom. The van der Waals surface area contributed by atoms with Crippen molar-refractivity contribution in [2.24, 2.45) is 12.1 Å². The van der Waals surface area contributed by atoms with Crippen LogP contribution in [0.2, 0.25) is 0 Å². The van der Waals surface area contributed by atoms with Gasteiger partial charge < -0.3 is 10.3 Å². The van der Waals surface area contributed by atoms with E-state index >= 15 is 0 Å². The number of thioether (sulfide) groups is 1. The van der Waals surface area contributed by atoms with Crippen molar-refractivity contribution < 1.29 is 4.79 Å². The number of nitrogen functional groups attached to an aromatic ring is 1. The number of nitrogens with one attached hydrogen (secondary N) is 1. The first-order chi connectivity index (χ1) is 13.0. The molecule has 27 heavy (non-hydrogen) atoms. The number of hydrogen-bond donors (Lipinski definition) is 2. The lowest BCUT2D eigenvalue weighted by molar-refractivity contribution is 0.0955. The van der Waals surface area contributed by atoms with E-state index in [0.717, 1.165) is 22.0 Å². The summed E-state index contributed by atoms with van der Waals surface area (Å²) >= 11 is 1.59. The molecule has 0 saturated heterocycles. The van der Waals surface area contributed by atoms with Gasteiger partial charge in [0.1, 0.15) is 6.33 Å². The number of nitrogens with zero attached hydrogens (tertiary/aromatic N) is 4. The predicted molar refractivity (Wildman–Crippen MR) is 108 cm³/mol. The van der Waals surface area contributed by atoms with Crippen molar-refractivity contribution in [2.75, 3.05) is 5.73 Å². The van der Waals surface area contributed by atoms with E-state index in [1.165, 1.54) is 0 Å². The van der Waals surface area contributed by atoms with E-state index in [1.54, 1.807) is 36.3 Å². The number of carbonyl (C=O) groups is 1. The minimum absolute atomic E-state index is 0.259. The van der Waals surface area contributed by atoms with Crippen LogP contribution in [-0.4, -0.2) is 26.4 Å². The summed E-state index contributed by atoms with van der Waals surface area (Å²) in [6, 6.07) is 14.8.